The predicted octanol–water partition coefficient (Wildman–Crippen LogP) is 3.00. The summed E-state index contributed by atoms with van der Waals surface area (Å²) in [5.41, 5.74) is 2.38. The van der Waals surface area contributed by atoms with Crippen LogP contribution in [0.4, 0.5) is 5.69 Å². The van der Waals surface area contributed by atoms with Gasteiger partial charge in [-0.05, 0) is 30.7 Å². The molecule has 0 saturated carbocycles. The molecule has 0 atom stereocenters. The number of para-hydroxylation sites is 1. The second-order valence-corrected chi connectivity index (χ2v) is 6.19. The molecule has 1 saturated heterocycles. The molecule has 146 valence electrons. The van der Waals surface area contributed by atoms with Crippen LogP contribution in [0.15, 0.2) is 53.7 Å². The number of hydrogen-bond donors (Lipinski definition) is 1. The minimum absolute atomic E-state index is 0. The Kier molecular flexibility index (Phi) is 8.63. The third-order valence-electron chi connectivity index (χ3n) is 4.46. The van der Waals surface area contributed by atoms with Gasteiger partial charge in [0.15, 0.2) is 5.96 Å². The van der Waals surface area contributed by atoms with Crippen molar-refractivity contribution in [3.05, 3.63) is 54.2 Å². The summed E-state index contributed by atoms with van der Waals surface area (Å²) in [5.74, 6) is 1.59. The van der Waals surface area contributed by atoms with Gasteiger partial charge in [0, 0.05) is 50.7 Å². The number of pyridine rings is 1. The van der Waals surface area contributed by atoms with Crippen molar-refractivity contribution in [2.75, 3.05) is 44.7 Å². The van der Waals surface area contributed by atoms with Crippen molar-refractivity contribution in [1.82, 2.24) is 15.2 Å². The molecule has 0 radical (unpaired) electrons. The Labute approximate surface area is 178 Å². The number of hydrogen-bond acceptors (Lipinski definition) is 4. The molecule has 0 bridgehead atoms. The molecule has 0 aliphatic carbocycles. The largest absolute Gasteiger partial charge is 0.481 e. The van der Waals surface area contributed by atoms with Crippen LogP contribution >= 0.6 is 24.0 Å². The highest BCUT2D eigenvalue weighted by atomic mass is 127. The van der Waals surface area contributed by atoms with E-state index in [4.69, 9.17) is 9.73 Å². The zero-order valence-corrected chi connectivity index (χ0v) is 18.3. The topological polar surface area (TPSA) is 53.0 Å². The summed E-state index contributed by atoms with van der Waals surface area (Å²) in [6.45, 7) is 7.48. The summed E-state index contributed by atoms with van der Waals surface area (Å²) in [6, 6.07) is 14.5. The average molecular weight is 481 g/mol. The Hall–Kier alpha value is -2.03. The first kappa shape index (κ1) is 21.3. The van der Waals surface area contributed by atoms with Crippen molar-refractivity contribution in [2.45, 2.75) is 13.5 Å². The molecule has 0 amide bonds. The molecule has 1 aliphatic heterocycles. The molecule has 2 aromatic rings. The third kappa shape index (κ3) is 5.98. The summed E-state index contributed by atoms with van der Waals surface area (Å²) < 4.78 is 5.19. The van der Waals surface area contributed by atoms with Crippen molar-refractivity contribution >= 4 is 35.6 Å². The fourth-order valence-electron chi connectivity index (χ4n) is 3.07. The highest BCUT2D eigenvalue weighted by Gasteiger charge is 2.19. The summed E-state index contributed by atoms with van der Waals surface area (Å²) >= 11 is 0. The molecule has 27 heavy (non-hydrogen) atoms. The van der Waals surface area contributed by atoms with Crippen molar-refractivity contribution < 1.29 is 4.74 Å². The van der Waals surface area contributed by atoms with Crippen LogP contribution in [-0.2, 0) is 6.54 Å². The fraction of sp³-hybridized carbons (Fsp3) is 0.400. The second kappa shape index (κ2) is 11.0. The molecule has 2 heterocycles. The zero-order valence-electron chi connectivity index (χ0n) is 16.0. The van der Waals surface area contributed by atoms with Crippen LogP contribution in [0.3, 0.4) is 0 Å². The minimum atomic E-state index is 0. The van der Waals surface area contributed by atoms with Gasteiger partial charge in [0.05, 0.1) is 13.7 Å². The number of nitrogens with one attached hydrogen (secondary N) is 1. The van der Waals surface area contributed by atoms with E-state index in [-0.39, 0.29) is 24.0 Å². The van der Waals surface area contributed by atoms with Crippen LogP contribution < -0.4 is 15.0 Å². The van der Waals surface area contributed by atoms with E-state index in [1.165, 1.54) is 5.69 Å². The fourth-order valence-corrected chi connectivity index (χ4v) is 3.07. The summed E-state index contributed by atoms with van der Waals surface area (Å²) in [4.78, 5) is 13.7. The number of ether oxygens (including phenoxy) is 1. The van der Waals surface area contributed by atoms with E-state index in [1.54, 1.807) is 13.3 Å². The lowest BCUT2D eigenvalue weighted by Crippen LogP contribution is -2.52. The molecule has 0 unspecified atom stereocenters. The maximum absolute atomic E-state index is 5.19. The van der Waals surface area contributed by atoms with Crippen LogP contribution in [0.1, 0.15) is 12.5 Å². The van der Waals surface area contributed by atoms with Gasteiger partial charge in [0.1, 0.15) is 0 Å². The molecule has 3 rings (SSSR count). The Morgan fingerprint density at radius 2 is 1.89 bits per heavy atom. The molecule has 1 N–H and O–H groups in total. The van der Waals surface area contributed by atoms with Gasteiger partial charge in [-0.15, -0.1) is 24.0 Å². The van der Waals surface area contributed by atoms with Gasteiger partial charge >= 0.3 is 0 Å². The lowest BCUT2D eigenvalue weighted by atomic mass is 10.2. The van der Waals surface area contributed by atoms with Crippen molar-refractivity contribution in [1.29, 1.82) is 0 Å². The van der Waals surface area contributed by atoms with Crippen LogP contribution in [0, 0.1) is 0 Å². The number of aromatic nitrogens is 1. The van der Waals surface area contributed by atoms with Gasteiger partial charge in [-0.1, -0.05) is 18.2 Å². The Bertz CT molecular complexity index is 717. The molecule has 0 spiro atoms. The van der Waals surface area contributed by atoms with E-state index < -0.39 is 0 Å². The number of nitrogens with zero attached hydrogens (tertiary/aromatic N) is 4. The molecule has 1 aromatic heterocycles. The lowest BCUT2D eigenvalue weighted by Gasteiger charge is -2.37. The number of aliphatic imine (C=N–C) groups is 1. The van der Waals surface area contributed by atoms with Crippen molar-refractivity contribution in [3.63, 3.8) is 0 Å². The molecule has 1 aromatic carbocycles. The van der Waals surface area contributed by atoms with E-state index in [2.05, 4.69) is 57.4 Å². The molecule has 7 heteroatoms. The molecular weight excluding hydrogens is 453 g/mol. The highest BCUT2D eigenvalue weighted by Crippen LogP contribution is 2.16. The number of guanidine groups is 1. The van der Waals surface area contributed by atoms with E-state index in [0.717, 1.165) is 44.2 Å². The van der Waals surface area contributed by atoms with E-state index in [0.29, 0.717) is 12.4 Å². The Morgan fingerprint density at radius 3 is 2.56 bits per heavy atom. The van der Waals surface area contributed by atoms with Gasteiger partial charge in [-0.3, -0.25) is 0 Å². The van der Waals surface area contributed by atoms with E-state index in [9.17, 15) is 0 Å². The first-order valence-corrected chi connectivity index (χ1v) is 9.12. The number of piperazine rings is 1. The first-order valence-electron chi connectivity index (χ1n) is 9.12. The van der Waals surface area contributed by atoms with Gasteiger partial charge in [0.25, 0.3) is 0 Å². The quantitative estimate of drug-likeness (QED) is 0.405. The highest BCUT2D eigenvalue weighted by molar-refractivity contribution is 14.0. The third-order valence-corrected chi connectivity index (χ3v) is 4.46. The minimum Gasteiger partial charge on any atom is -0.481 e. The van der Waals surface area contributed by atoms with Crippen LogP contribution in [0.25, 0.3) is 0 Å². The van der Waals surface area contributed by atoms with Crippen LogP contribution in [0.5, 0.6) is 5.88 Å². The number of rotatable bonds is 5. The average Bonchev–Trinajstić information content (AvgIpc) is 2.72. The zero-order chi connectivity index (χ0) is 18.2. The lowest BCUT2D eigenvalue weighted by molar-refractivity contribution is 0.372. The van der Waals surface area contributed by atoms with E-state index >= 15 is 0 Å². The molecule has 1 aliphatic rings. The number of methoxy groups -OCH3 is 1. The molecule has 1 fully saturated rings. The van der Waals surface area contributed by atoms with Gasteiger partial charge in [-0.25, -0.2) is 9.98 Å². The van der Waals surface area contributed by atoms with Gasteiger partial charge < -0.3 is 19.9 Å². The second-order valence-electron chi connectivity index (χ2n) is 6.19. The van der Waals surface area contributed by atoms with Gasteiger partial charge in [-0.2, -0.15) is 0 Å². The monoisotopic (exact) mass is 481 g/mol. The summed E-state index contributed by atoms with van der Waals surface area (Å²) in [7, 11) is 1.63. The Balaban J connectivity index is 0.00000261. The molecule has 6 nitrogen and oxygen atoms in total. The maximum Gasteiger partial charge on any atom is 0.213 e. The molecular formula is C20H28IN5O. The van der Waals surface area contributed by atoms with Crippen LogP contribution in [-0.4, -0.2) is 55.7 Å². The first-order chi connectivity index (χ1) is 12.8. The number of anilines is 1. The Morgan fingerprint density at radius 1 is 1.15 bits per heavy atom. The van der Waals surface area contributed by atoms with Gasteiger partial charge in [0.2, 0.25) is 5.88 Å². The predicted molar refractivity (Wildman–Crippen MR) is 121 cm³/mol. The SMILES string of the molecule is CCNC(=NCc1ccnc(OC)c1)N1CCN(c2ccccc2)CC1.I. The number of benzene rings is 1. The van der Waals surface area contributed by atoms with Crippen LogP contribution in [0.2, 0.25) is 0 Å². The van der Waals surface area contributed by atoms with E-state index in [1.807, 2.05) is 12.1 Å². The summed E-state index contributed by atoms with van der Waals surface area (Å²) in [6.07, 6.45) is 1.76. The standard InChI is InChI=1S/C20H27N5O.HI/c1-3-21-20(23-16-17-9-10-22-19(15-17)26-2)25-13-11-24(12-14-25)18-7-5-4-6-8-18;/h4-10,15H,3,11-14,16H2,1-2H3,(H,21,23);1H. The summed E-state index contributed by atoms with van der Waals surface area (Å²) in [5, 5.41) is 3.42. The van der Waals surface area contributed by atoms with Crippen molar-refractivity contribution in [2.24, 2.45) is 4.99 Å². The maximum atomic E-state index is 5.19. The number of halogens is 1. The smallest absolute Gasteiger partial charge is 0.213 e. The normalized spacial score (nSPS) is 14.5. The van der Waals surface area contributed by atoms with Crippen molar-refractivity contribution in [3.8, 4) is 5.88 Å².